The molecule has 0 unspecified atom stereocenters. The van der Waals surface area contributed by atoms with Crippen molar-refractivity contribution in [2.45, 2.75) is 24.5 Å². The lowest BCUT2D eigenvalue weighted by atomic mass is 9.93. The number of rotatable bonds is 2. The first-order valence-electron chi connectivity index (χ1n) is 4.75. The largest absolute Gasteiger partial charge is 0.394 e. The molecule has 2 saturated heterocycles. The quantitative estimate of drug-likeness (QED) is 0.629. The average Bonchev–Trinajstić information content (AvgIpc) is 2.57. The molecule has 2 rings (SSSR count). The van der Waals surface area contributed by atoms with Crippen molar-refractivity contribution in [2.24, 2.45) is 0 Å². The lowest BCUT2D eigenvalue weighted by molar-refractivity contribution is 0.0951. The second kappa shape index (κ2) is 3.08. The van der Waals surface area contributed by atoms with Crippen molar-refractivity contribution in [3.8, 4) is 0 Å². The van der Waals surface area contributed by atoms with Crippen LogP contribution in [0.2, 0.25) is 0 Å². The van der Waals surface area contributed by atoms with Crippen LogP contribution in [0.5, 0.6) is 0 Å². The Kier molecular flexibility index (Phi) is 2.18. The van der Waals surface area contributed by atoms with E-state index in [9.17, 15) is 5.11 Å². The van der Waals surface area contributed by atoms with Gasteiger partial charge in [0.15, 0.2) is 0 Å². The standard InChI is InChI=1S/C10H17NO2/c1-8-3-10(7-12)4-9(13-2)6-11(10)5-8/h9,12H,1,3-7H2,2H3/t9-,10-/m0/s1. The third-order valence-electron chi connectivity index (χ3n) is 3.32. The molecule has 0 aliphatic carbocycles. The maximum atomic E-state index is 9.42. The Balaban J connectivity index is 2.15. The van der Waals surface area contributed by atoms with Gasteiger partial charge >= 0.3 is 0 Å². The van der Waals surface area contributed by atoms with E-state index in [1.807, 2.05) is 0 Å². The third kappa shape index (κ3) is 1.31. The fourth-order valence-electron chi connectivity index (χ4n) is 2.64. The van der Waals surface area contributed by atoms with Crippen LogP contribution in [-0.4, -0.2) is 48.5 Å². The Hall–Kier alpha value is -0.380. The van der Waals surface area contributed by atoms with E-state index in [0.29, 0.717) is 6.10 Å². The van der Waals surface area contributed by atoms with Crippen LogP contribution in [0.15, 0.2) is 12.2 Å². The van der Waals surface area contributed by atoms with Gasteiger partial charge in [0.2, 0.25) is 0 Å². The molecule has 2 heterocycles. The maximum Gasteiger partial charge on any atom is 0.0717 e. The van der Waals surface area contributed by atoms with E-state index < -0.39 is 0 Å². The summed E-state index contributed by atoms with van der Waals surface area (Å²) < 4.78 is 5.33. The Bertz CT molecular complexity index is 229. The van der Waals surface area contributed by atoms with Gasteiger partial charge in [-0.05, 0) is 12.8 Å². The molecule has 0 saturated carbocycles. The van der Waals surface area contributed by atoms with Crippen LogP contribution in [0.3, 0.4) is 0 Å². The summed E-state index contributed by atoms with van der Waals surface area (Å²) in [6, 6.07) is 0. The van der Waals surface area contributed by atoms with Crippen LogP contribution in [-0.2, 0) is 4.74 Å². The van der Waals surface area contributed by atoms with Crippen LogP contribution in [0.4, 0.5) is 0 Å². The second-order valence-electron chi connectivity index (χ2n) is 4.25. The van der Waals surface area contributed by atoms with E-state index in [0.717, 1.165) is 25.9 Å². The summed E-state index contributed by atoms with van der Waals surface area (Å²) >= 11 is 0. The van der Waals surface area contributed by atoms with Crippen LogP contribution < -0.4 is 0 Å². The highest BCUT2D eigenvalue weighted by molar-refractivity contribution is 5.18. The SMILES string of the molecule is C=C1CN2C[C@@H](OC)C[C@]2(CO)C1. The van der Waals surface area contributed by atoms with Gasteiger partial charge in [-0.15, -0.1) is 0 Å². The van der Waals surface area contributed by atoms with Crippen molar-refractivity contribution in [3.63, 3.8) is 0 Å². The highest BCUT2D eigenvalue weighted by atomic mass is 16.5. The minimum Gasteiger partial charge on any atom is -0.394 e. The van der Waals surface area contributed by atoms with Crippen LogP contribution >= 0.6 is 0 Å². The monoisotopic (exact) mass is 183 g/mol. The van der Waals surface area contributed by atoms with Crippen molar-refractivity contribution in [3.05, 3.63) is 12.2 Å². The van der Waals surface area contributed by atoms with Gasteiger partial charge in [0.1, 0.15) is 0 Å². The predicted molar refractivity (Wildman–Crippen MR) is 50.6 cm³/mol. The van der Waals surface area contributed by atoms with Gasteiger partial charge in [-0.1, -0.05) is 12.2 Å². The molecule has 74 valence electrons. The second-order valence-corrected chi connectivity index (χ2v) is 4.25. The van der Waals surface area contributed by atoms with E-state index in [4.69, 9.17) is 4.74 Å². The van der Waals surface area contributed by atoms with Gasteiger partial charge in [0, 0.05) is 20.2 Å². The zero-order chi connectivity index (χ0) is 9.47. The Labute approximate surface area is 79.0 Å². The predicted octanol–water partition coefficient (Wildman–Crippen LogP) is 0.398. The smallest absolute Gasteiger partial charge is 0.0717 e. The summed E-state index contributed by atoms with van der Waals surface area (Å²) in [7, 11) is 1.74. The summed E-state index contributed by atoms with van der Waals surface area (Å²) in [5.74, 6) is 0. The number of aliphatic hydroxyl groups is 1. The van der Waals surface area contributed by atoms with E-state index in [1.165, 1.54) is 5.57 Å². The number of aliphatic hydroxyl groups excluding tert-OH is 1. The molecule has 2 atom stereocenters. The number of fused-ring (bicyclic) bond motifs is 1. The molecule has 0 aromatic heterocycles. The van der Waals surface area contributed by atoms with Gasteiger partial charge in [0.25, 0.3) is 0 Å². The number of ether oxygens (including phenoxy) is 1. The normalized spacial score (nSPS) is 39.8. The van der Waals surface area contributed by atoms with Gasteiger partial charge < -0.3 is 9.84 Å². The molecule has 3 nitrogen and oxygen atoms in total. The van der Waals surface area contributed by atoms with Crippen molar-refractivity contribution in [2.75, 3.05) is 26.8 Å². The molecule has 0 aromatic carbocycles. The van der Waals surface area contributed by atoms with Crippen LogP contribution in [0.25, 0.3) is 0 Å². The van der Waals surface area contributed by atoms with Crippen molar-refractivity contribution < 1.29 is 9.84 Å². The van der Waals surface area contributed by atoms with Gasteiger partial charge in [-0.2, -0.15) is 0 Å². The molecule has 0 aromatic rings. The lowest BCUT2D eigenvalue weighted by Crippen LogP contribution is -2.41. The minimum absolute atomic E-state index is 0.0439. The van der Waals surface area contributed by atoms with Crippen LogP contribution in [0, 0.1) is 0 Å². The number of hydrogen-bond acceptors (Lipinski definition) is 3. The fraction of sp³-hybridized carbons (Fsp3) is 0.800. The zero-order valence-corrected chi connectivity index (χ0v) is 8.12. The molecule has 1 N–H and O–H groups in total. The Morgan fingerprint density at radius 1 is 1.77 bits per heavy atom. The van der Waals surface area contributed by atoms with E-state index in [-0.39, 0.29) is 12.1 Å². The molecule has 3 heteroatoms. The molecule has 0 bridgehead atoms. The molecular formula is C10H17NO2. The summed E-state index contributed by atoms with van der Waals surface area (Å²) in [6.45, 7) is 6.09. The highest BCUT2D eigenvalue weighted by Gasteiger charge is 2.49. The first-order valence-corrected chi connectivity index (χ1v) is 4.75. The maximum absolute atomic E-state index is 9.42. The van der Waals surface area contributed by atoms with E-state index in [1.54, 1.807) is 7.11 Å². The molecule has 0 amide bonds. The molecule has 2 fully saturated rings. The number of methoxy groups -OCH3 is 1. The number of nitrogens with zero attached hydrogens (tertiary/aromatic N) is 1. The van der Waals surface area contributed by atoms with Gasteiger partial charge in [-0.25, -0.2) is 0 Å². The molecule has 0 radical (unpaired) electrons. The van der Waals surface area contributed by atoms with Gasteiger partial charge in [-0.3, -0.25) is 4.90 Å². The Morgan fingerprint density at radius 3 is 3.08 bits per heavy atom. The highest BCUT2D eigenvalue weighted by Crippen LogP contribution is 2.41. The van der Waals surface area contributed by atoms with E-state index in [2.05, 4.69) is 11.5 Å². The van der Waals surface area contributed by atoms with Gasteiger partial charge in [0.05, 0.1) is 18.2 Å². The van der Waals surface area contributed by atoms with Crippen molar-refractivity contribution in [1.82, 2.24) is 4.90 Å². The molecule has 2 aliphatic heterocycles. The summed E-state index contributed by atoms with van der Waals surface area (Å²) in [4.78, 5) is 2.31. The van der Waals surface area contributed by atoms with Crippen LogP contribution in [0.1, 0.15) is 12.8 Å². The summed E-state index contributed by atoms with van der Waals surface area (Å²) in [5, 5.41) is 9.42. The minimum atomic E-state index is -0.0439. The first kappa shape index (κ1) is 9.19. The third-order valence-corrected chi connectivity index (χ3v) is 3.32. The summed E-state index contributed by atoms with van der Waals surface area (Å²) in [6.07, 6.45) is 2.17. The Morgan fingerprint density at radius 2 is 2.54 bits per heavy atom. The molecule has 0 spiro atoms. The van der Waals surface area contributed by atoms with E-state index >= 15 is 0 Å². The molecular weight excluding hydrogens is 166 g/mol. The topological polar surface area (TPSA) is 32.7 Å². The van der Waals surface area contributed by atoms with Crippen molar-refractivity contribution in [1.29, 1.82) is 0 Å². The molecule has 13 heavy (non-hydrogen) atoms. The zero-order valence-electron chi connectivity index (χ0n) is 8.12. The summed E-state index contributed by atoms with van der Waals surface area (Å²) in [5.41, 5.74) is 1.20. The molecule has 2 aliphatic rings. The lowest BCUT2D eigenvalue weighted by Gasteiger charge is -2.28. The number of hydrogen-bond donors (Lipinski definition) is 1. The average molecular weight is 183 g/mol. The fourth-order valence-corrected chi connectivity index (χ4v) is 2.64. The first-order chi connectivity index (χ1) is 6.20. The van der Waals surface area contributed by atoms with Crippen molar-refractivity contribution >= 4 is 0 Å².